The summed E-state index contributed by atoms with van der Waals surface area (Å²) in [6, 6.07) is 16.6. The van der Waals surface area contributed by atoms with Gasteiger partial charge in [0.1, 0.15) is 0 Å². The second-order valence-corrected chi connectivity index (χ2v) is 7.79. The van der Waals surface area contributed by atoms with Crippen molar-refractivity contribution < 1.29 is 4.79 Å². The van der Waals surface area contributed by atoms with Gasteiger partial charge in [-0.1, -0.05) is 34.1 Å². The van der Waals surface area contributed by atoms with E-state index in [1.54, 1.807) is 4.57 Å². The van der Waals surface area contributed by atoms with Crippen LogP contribution in [-0.2, 0) is 6.42 Å². The first-order valence-corrected chi connectivity index (χ1v) is 9.51. The maximum atomic E-state index is 13.1. The van der Waals surface area contributed by atoms with Crippen molar-refractivity contribution in [1.29, 1.82) is 0 Å². The number of nitrogens with zero attached hydrogens (tertiary/aromatic N) is 2. The van der Waals surface area contributed by atoms with Gasteiger partial charge >= 0.3 is 0 Å². The van der Waals surface area contributed by atoms with Crippen LogP contribution < -0.4 is 0 Å². The maximum Gasteiger partial charge on any atom is 0.262 e. The minimum Gasteiger partial charge on any atom is -0.303 e. The Hall–Kier alpha value is -1.91. The van der Waals surface area contributed by atoms with Crippen molar-refractivity contribution in [3.05, 3.63) is 70.3 Å². The number of hydrogen-bond acceptors (Lipinski definition) is 2. The molecule has 128 valence electrons. The van der Waals surface area contributed by atoms with Crippen molar-refractivity contribution in [3.63, 3.8) is 0 Å². The Bertz CT molecular complexity index is 931. The molecule has 0 N–H and O–H groups in total. The number of para-hydroxylation sites is 1. The van der Waals surface area contributed by atoms with Crippen LogP contribution in [0.1, 0.15) is 28.8 Å². The summed E-state index contributed by atoms with van der Waals surface area (Å²) >= 11 is 3.58. The Kier molecular flexibility index (Phi) is 4.48. The number of aromatic nitrogens is 1. The summed E-state index contributed by atoms with van der Waals surface area (Å²) in [5.41, 5.74) is 2.89. The number of benzene rings is 2. The first-order valence-electron chi connectivity index (χ1n) is 8.72. The molecule has 0 saturated carbocycles. The van der Waals surface area contributed by atoms with Gasteiger partial charge in [-0.2, -0.15) is 0 Å². The largest absolute Gasteiger partial charge is 0.303 e. The van der Waals surface area contributed by atoms with E-state index in [2.05, 4.69) is 33.9 Å². The van der Waals surface area contributed by atoms with Crippen LogP contribution >= 0.6 is 15.9 Å². The monoisotopic (exact) mass is 396 g/mol. The Morgan fingerprint density at radius 2 is 2.04 bits per heavy atom. The molecule has 1 aliphatic heterocycles. The molecule has 2 heterocycles. The van der Waals surface area contributed by atoms with E-state index in [0.717, 1.165) is 27.4 Å². The molecular weight excluding hydrogens is 376 g/mol. The summed E-state index contributed by atoms with van der Waals surface area (Å²) in [4.78, 5) is 15.5. The van der Waals surface area contributed by atoms with Gasteiger partial charge < -0.3 is 4.90 Å². The van der Waals surface area contributed by atoms with Crippen LogP contribution in [0.2, 0.25) is 0 Å². The maximum absolute atomic E-state index is 13.1. The van der Waals surface area contributed by atoms with Gasteiger partial charge in [0.25, 0.3) is 5.91 Å². The zero-order chi connectivity index (χ0) is 17.4. The fourth-order valence-electron chi connectivity index (χ4n) is 3.80. The highest BCUT2D eigenvalue weighted by atomic mass is 79.9. The number of hydrogen-bond donors (Lipinski definition) is 0. The summed E-state index contributed by atoms with van der Waals surface area (Å²) in [5, 5.41) is 1.08. The number of likely N-dealkylation sites (tertiary alicyclic amines) is 1. The Balaban J connectivity index is 1.66. The predicted octanol–water partition coefficient (Wildman–Crippen LogP) is 4.73. The van der Waals surface area contributed by atoms with Gasteiger partial charge in [0.05, 0.1) is 5.52 Å². The average molecular weight is 397 g/mol. The quantitative estimate of drug-likeness (QED) is 0.639. The lowest BCUT2D eigenvalue weighted by Crippen LogP contribution is -2.26. The Morgan fingerprint density at radius 3 is 2.84 bits per heavy atom. The van der Waals surface area contributed by atoms with Crippen LogP contribution in [0.15, 0.2) is 59.2 Å². The molecular formula is C21H21BrN2O. The highest BCUT2D eigenvalue weighted by molar-refractivity contribution is 9.10. The van der Waals surface area contributed by atoms with E-state index in [1.807, 2.05) is 48.7 Å². The molecule has 0 amide bonds. The number of likely N-dealkylation sites (N-methyl/N-ethyl adjacent to an activating group) is 1. The van der Waals surface area contributed by atoms with Crippen LogP contribution in [-0.4, -0.2) is 35.0 Å². The standard InChI is InChI=1S/C21H21BrN2O/c1-23-9-4-6-19(23)13-15-11-17(14-18(22)12-15)21(25)24-10-8-16-5-2-3-7-20(16)24/h2-3,5,7-8,10-12,14,19H,4,6,9,13H2,1H3. The smallest absolute Gasteiger partial charge is 0.262 e. The Labute approximate surface area is 156 Å². The summed E-state index contributed by atoms with van der Waals surface area (Å²) in [7, 11) is 2.19. The first-order chi connectivity index (χ1) is 12.1. The van der Waals surface area contributed by atoms with Crippen LogP contribution in [0.25, 0.3) is 10.9 Å². The van der Waals surface area contributed by atoms with E-state index in [9.17, 15) is 4.79 Å². The number of fused-ring (bicyclic) bond motifs is 1. The molecule has 1 fully saturated rings. The van der Waals surface area contributed by atoms with Crippen molar-refractivity contribution in [3.8, 4) is 0 Å². The number of halogens is 1. The molecule has 1 aromatic heterocycles. The third-order valence-corrected chi connectivity index (χ3v) is 5.62. The zero-order valence-corrected chi connectivity index (χ0v) is 15.9. The molecule has 25 heavy (non-hydrogen) atoms. The summed E-state index contributed by atoms with van der Waals surface area (Å²) < 4.78 is 2.70. The minimum atomic E-state index is 0.0172. The van der Waals surface area contributed by atoms with E-state index in [1.165, 1.54) is 24.9 Å². The Morgan fingerprint density at radius 1 is 1.20 bits per heavy atom. The fourth-order valence-corrected chi connectivity index (χ4v) is 4.34. The van der Waals surface area contributed by atoms with Crippen molar-refractivity contribution in [2.45, 2.75) is 25.3 Å². The summed E-state index contributed by atoms with van der Waals surface area (Å²) in [6.45, 7) is 1.17. The van der Waals surface area contributed by atoms with E-state index < -0.39 is 0 Å². The van der Waals surface area contributed by atoms with Crippen molar-refractivity contribution in [1.82, 2.24) is 9.47 Å². The molecule has 1 aliphatic rings. The first kappa shape index (κ1) is 16.6. The normalized spacial score (nSPS) is 18.1. The van der Waals surface area contributed by atoms with Crippen molar-refractivity contribution >= 4 is 32.7 Å². The summed E-state index contributed by atoms with van der Waals surface area (Å²) in [5.74, 6) is 0.0172. The molecule has 4 heteroatoms. The minimum absolute atomic E-state index is 0.0172. The lowest BCUT2D eigenvalue weighted by molar-refractivity contribution is 0.0965. The van der Waals surface area contributed by atoms with Crippen molar-refractivity contribution in [2.24, 2.45) is 0 Å². The third kappa shape index (κ3) is 3.29. The van der Waals surface area contributed by atoms with Crippen LogP contribution in [0.5, 0.6) is 0 Å². The SMILES string of the molecule is CN1CCCC1Cc1cc(Br)cc(C(=O)n2ccc3ccccc32)c1. The van der Waals surface area contributed by atoms with E-state index in [-0.39, 0.29) is 5.91 Å². The molecule has 3 aromatic rings. The highest BCUT2D eigenvalue weighted by Crippen LogP contribution is 2.24. The molecule has 1 atom stereocenters. The van der Waals surface area contributed by atoms with Gasteiger partial charge in [0.2, 0.25) is 0 Å². The van der Waals surface area contributed by atoms with Gasteiger partial charge in [-0.05, 0) is 68.8 Å². The molecule has 0 aliphatic carbocycles. The molecule has 2 aromatic carbocycles. The molecule has 0 bridgehead atoms. The van der Waals surface area contributed by atoms with E-state index >= 15 is 0 Å². The predicted molar refractivity (Wildman–Crippen MR) is 105 cm³/mol. The van der Waals surface area contributed by atoms with Crippen LogP contribution in [0.4, 0.5) is 0 Å². The lowest BCUT2D eigenvalue weighted by Gasteiger charge is -2.19. The summed E-state index contributed by atoms with van der Waals surface area (Å²) in [6.07, 6.45) is 5.34. The van der Waals surface area contributed by atoms with Gasteiger partial charge in [-0.3, -0.25) is 9.36 Å². The zero-order valence-electron chi connectivity index (χ0n) is 14.3. The van der Waals surface area contributed by atoms with Crippen LogP contribution in [0, 0.1) is 0 Å². The van der Waals surface area contributed by atoms with Crippen molar-refractivity contribution in [2.75, 3.05) is 13.6 Å². The average Bonchev–Trinajstić information content (AvgIpc) is 3.20. The van der Waals surface area contributed by atoms with Gasteiger partial charge in [-0.15, -0.1) is 0 Å². The molecule has 1 saturated heterocycles. The van der Waals surface area contributed by atoms with Crippen LogP contribution in [0.3, 0.4) is 0 Å². The van der Waals surface area contributed by atoms with Gasteiger partial charge in [0, 0.05) is 27.7 Å². The molecule has 3 nitrogen and oxygen atoms in total. The number of carbonyl (C=O) groups excluding carboxylic acids is 1. The molecule has 4 rings (SSSR count). The van der Waals surface area contributed by atoms with E-state index in [4.69, 9.17) is 0 Å². The molecule has 0 radical (unpaired) electrons. The second kappa shape index (κ2) is 6.77. The third-order valence-electron chi connectivity index (χ3n) is 5.17. The molecule has 1 unspecified atom stereocenters. The number of rotatable bonds is 3. The molecule has 0 spiro atoms. The van der Waals surface area contributed by atoms with Gasteiger partial charge in [-0.25, -0.2) is 0 Å². The lowest BCUT2D eigenvalue weighted by atomic mass is 10.0. The van der Waals surface area contributed by atoms with E-state index in [0.29, 0.717) is 6.04 Å². The van der Waals surface area contributed by atoms with Gasteiger partial charge in [0.15, 0.2) is 0 Å². The highest BCUT2D eigenvalue weighted by Gasteiger charge is 2.22. The number of carbonyl (C=O) groups is 1. The fraction of sp³-hybridized carbons (Fsp3) is 0.286. The topological polar surface area (TPSA) is 25.2 Å². The second-order valence-electron chi connectivity index (χ2n) is 6.88.